The highest BCUT2D eigenvalue weighted by molar-refractivity contribution is 7.98. The Morgan fingerprint density at radius 3 is 2.41 bits per heavy atom. The zero-order valence-electron chi connectivity index (χ0n) is 19.9. The number of piperazine rings is 1. The zero-order chi connectivity index (χ0) is 23.9. The second-order valence-electron chi connectivity index (χ2n) is 8.45. The first-order valence-corrected chi connectivity index (χ1v) is 13.9. The summed E-state index contributed by atoms with van der Waals surface area (Å²) in [5, 5.41) is 13.5. The van der Waals surface area contributed by atoms with Crippen molar-refractivity contribution in [3.8, 4) is 0 Å². The van der Waals surface area contributed by atoms with Gasteiger partial charge in [0.15, 0.2) is 0 Å². The Hall–Kier alpha value is -2.16. The maximum atomic E-state index is 13.0. The molecule has 2 N–H and O–H groups in total. The average Bonchev–Trinajstić information content (AvgIpc) is 3.28. The third-order valence-corrected chi connectivity index (χ3v) is 8.29. The lowest BCUT2D eigenvalue weighted by molar-refractivity contribution is 0.0946. The molecule has 180 valence electrons. The summed E-state index contributed by atoms with van der Waals surface area (Å²) in [6, 6.07) is 20.6. The number of aliphatic hydroxyl groups is 1. The van der Waals surface area contributed by atoms with Crippen molar-refractivity contribution in [1.82, 2.24) is 9.80 Å². The minimum atomic E-state index is -0.0735. The van der Waals surface area contributed by atoms with Gasteiger partial charge in [0, 0.05) is 53.6 Å². The molecule has 2 aromatic carbocycles. The highest BCUT2D eigenvalue weighted by Crippen LogP contribution is 2.40. The van der Waals surface area contributed by atoms with Crippen LogP contribution in [-0.4, -0.2) is 66.4 Å². The number of carbonyl (C=O) groups is 1. The van der Waals surface area contributed by atoms with Gasteiger partial charge in [0.2, 0.25) is 0 Å². The van der Waals surface area contributed by atoms with Gasteiger partial charge in [0.25, 0.3) is 5.91 Å². The number of benzene rings is 2. The van der Waals surface area contributed by atoms with Crippen LogP contribution < -0.4 is 5.32 Å². The van der Waals surface area contributed by atoms with Gasteiger partial charge >= 0.3 is 0 Å². The lowest BCUT2D eigenvalue weighted by Gasteiger charge is -2.39. The molecule has 1 aromatic heterocycles. The molecule has 1 fully saturated rings. The number of carbonyl (C=O) groups excluding carboxylic acids is 1. The maximum absolute atomic E-state index is 13.0. The van der Waals surface area contributed by atoms with Crippen molar-refractivity contribution in [2.75, 3.05) is 50.9 Å². The maximum Gasteiger partial charge on any atom is 0.256 e. The molecule has 1 atom stereocenters. The van der Waals surface area contributed by atoms with Gasteiger partial charge in [-0.3, -0.25) is 14.6 Å². The smallest absolute Gasteiger partial charge is 0.256 e. The fourth-order valence-electron chi connectivity index (χ4n) is 4.46. The van der Waals surface area contributed by atoms with Gasteiger partial charge in [-0.25, -0.2) is 0 Å². The van der Waals surface area contributed by atoms with Crippen LogP contribution in [0.3, 0.4) is 0 Å². The number of rotatable bonds is 9. The van der Waals surface area contributed by atoms with Crippen LogP contribution in [-0.2, 0) is 6.42 Å². The van der Waals surface area contributed by atoms with Gasteiger partial charge < -0.3 is 10.4 Å². The second-order valence-corrected chi connectivity index (χ2v) is 10.5. The molecule has 1 amide bonds. The molecule has 5 nitrogen and oxygen atoms in total. The largest absolute Gasteiger partial charge is 0.395 e. The van der Waals surface area contributed by atoms with Crippen molar-refractivity contribution < 1.29 is 9.90 Å². The standard InChI is InChI=1S/C27H33N3O2S2/c1-3-22-19-24(27(34-22)28-26(32)21-7-5-4-6-8-21)25(20-9-11-23(33-2)12-10-20)30-15-13-29(14-16-30)17-18-31/h4-12,19,25,31H,3,13-18H2,1-2H3,(H,28,32)/t25-/m1/s1. The van der Waals surface area contributed by atoms with E-state index in [0.717, 1.165) is 44.1 Å². The van der Waals surface area contributed by atoms with E-state index in [0.29, 0.717) is 5.56 Å². The van der Waals surface area contributed by atoms with Crippen LogP contribution in [0.1, 0.15) is 39.3 Å². The monoisotopic (exact) mass is 495 g/mol. The predicted octanol–water partition coefficient (Wildman–Crippen LogP) is 4.98. The highest BCUT2D eigenvalue weighted by atomic mass is 32.2. The molecule has 4 rings (SSSR count). The molecule has 1 aliphatic rings. The normalized spacial score (nSPS) is 15.9. The summed E-state index contributed by atoms with van der Waals surface area (Å²) in [6.07, 6.45) is 3.03. The summed E-state index contributed by atoms with van der Waals surface area (Å²) in [7, 11) is 0. The van der Waals surface area contributed by atoms with Crippen molar-refractivity contribution >= 4 is 34.0 Å². The van der Waals surface area contributed by atoms with Gasteiger partial charge in [-0.05, 0) is 48.6 Å². The third kappa shape index (κ3) is 5.90. The summed E-state index contributed by atoms with van der Waals surface area (Å²) in [5.74, 6) is -0.0735. The quantitative estimate of drug-likeness (QED) is 0.410. The molecular formula is C27H33N3O2S2. The van der Waals surface area contributed by atoms with Gasteiger partial charge in [-0.15, -0.1) is 23.1 Å². The molecule has 0 saturated carbocycles. The van der Waals surface area contributed by atoms with Crippen molar-refractivity contribution in [3.63, 3.8) is 0 Å². The number of thiophene rings is 1. The first-order valence-electron chi connectivity index (χ1n) is 11.8. The molecule has 0 aliphatic carbocycles. The first kappa shape index (κ1) is 24.9. The molecule has 7 heteroatoms. The Kier molecular flexibility index (Phi) is 8.80. The van der Waals surface area contributed by atoms with Gasteiger partial charge in [-0.2, -0.15) is 0 Å². The first-order chi connectivity index (χ1) is 16.6. The fourth-order valence-corrected chi connectivity index (χ4v) is 5.89. The molecule has 3 aromatic rings. The summed E-state index contributed by atoms with van der Waals surface area (Å²) in [4.78, 5) is 20.4. The van der Waals surface area contributed by atoms with Gasteiger partial charge in [0.05, 0.1) is 12.6 Å². The second kappa shape index (κ2) is 12.0. The van der Waals surface area contributed by atoms with E-state index in [9.17, 15) is 9.90 Å². The van der Waals surface area contributed by atoms with E-state index in [1.807, 2.05) is 30.3 Å². The Balaban J connectivity index is 1.69. The van der Waals surface area contributed by atoms with Crippen molar-refractivity contribution in [3.05, 3.63) is 82.2 Å². The van der Waals surface area contributed by atoms with Crippen molar-refractivity contribution in [2.24, 2.45) is 0 Å². The zero-order valence-corrected chi connectivity index (χ0v) is 21.5. The summed E-state index contributed by atoms with van der Waals surface area (Å²) in [6.45, 7) is 6.76. The summed E-state index contributed by atoms with van der Waals surface area (Å²) in [5.41, 5.74) is 3.07. The Bertz CT molecular complexity index is 1060. The van der Waals surface area contributed by atoms with Crippen LogP contribution in [0, 0.1) is 0 Å². The number of hydrogen-bond acceptors (Lipinski definition) is 6. The minimum absolute atomic E-state index is 0.0646. The van der Waals surface area contributed by atoms with Crippen LogP contribution in [0.5, 0.6) is 0 Å². The Morgan fingerprint density at radius 1 is 1.09 bits per heavy atom. The average molecular weight is 496 g/mol. The van der Waals surface area contributed by atoms with E-state index in [-0.39, 0.29) is 18.6 Å². The van der Waals surface area contributed by atoms with E-state index >= 15 is 0 Å². The van der Waals surface area contributed by atoms with Gasteiger partial charge in [-0.1, -0.05) is 37.3 Å². The van der Waals surface area contributed by atoms with E-state index in [2.05, 4.69) is 58.6 Å². The lowest BCUT2D eigenvalue weighted by Crippen LogP contribution is -2.48. The van der Waals surface area contributed by atoms with Crippen LogP contribution in [0.25, 0.3) is 0 Å². The molecule has 0 radical (unpaired) electrons. The molecule has 0 bridgehead atoms. The van der Waals surface area contributed by atoms with E-state index in [1.54, 1.807) is 23.1 Å². The number of anilines is 1. The number of aliphatic hydroxyl groups excluding tert-OH is 1. The number of hydrogen-bond donors (Lipinski definition) is 2. The Morgan fingerprint density at radius 2 is 1.79 bits per heavy atom. The Labute approximate surface area is 210 Å². The number of aryl methyl sites for hydroxylation is 1. The molecular weight excluding hydrogens is 462 g/mol. The van der Waals surface area contributed by atoms with Crippen molar-refractivity contribution in [2.45, 2.75) is 24.3 Å². The topological polar surface area (TPSA) is 55.8 Å². The predicted molar refractivity (Wildman–Crippen MR) is 143 cm³/mol. The number of nitrogens with one attached hydrogen (secondary N) is 1. The summed E-state index contributed by atoms with van der Waals surface area (Å²) >= 11 is 3.42. The molecule has 1 saturated heterocycles. The third-order valence-electron chi connectivity index (χ3n) is 6.34. The van der Waals surface area contributed by atoms with Crippen LogP contribution in [0.15, 0.2) is 65.6 Å². The highest BCUT2D eigenvalue weighted by Gasteiger charge is 2.30. The molecule has 34 heavy (non-hydrogen) atoms. The molecule has 1 aliphatic heterocycles. The minimum Gasteiger partial charge on any atom is -0.395 e. The van der Waals surface area contributed by atoms with Crippen molar-refractivity contribution in [1.29, 1.82) is 0 Å². The summed E-state index contributed by atoms with van der Waals surface area (Å²) < 4.78 is 0. The number of β-amino-alcohol motifs (C(OH)–C–C–N with tert-alkyl or cyclic N) is 1. The molecule has 0 unspecified atom stereocenters. The van der Waals surface area contributed by atoms with E-state index < -0.39 is 0 Å². The SMILES string of the molecule is CCc1cc([C@@H](c2ccc(SC)cc2)N2CCN(CCO)CC2)c(NC(=O)c2ccccc2)s1. The van der Waals surface area contributed by atoms with Crippen LogP contribution in [0.4, 0.5) is 5.00 Å². The number of nitrogens with zero attached hydrogens (tertiary/aromatic N) is 2. The van der Waals surface area contributed by atoms with Crippen LogP contribution in [0.2, 0.25) is 0 Å². The number of amides is 1. The van der Waals surface area contributed by atoms with E-state index in [1.165, 1.54) is 20.9 Å². The van der Waals surface area contributed by atoms with Crippen LogP contribution >= 0.6 is 23.1 Å². The number of thioether (sulfide) groups is 1. The fraction of sp³-hybridized carbons (Fsp3) is 0.370. The van der Waals surface area contributed by atoms with E-state index in [4.69, 9.17) is 0 Å². The molecule has 2 heterocycles. The van der Waals surface area contributed by atoms with Gasteiger partial charge in [0.1, 0.15) is 5.00 Å². The lowest BCUT2D eigenvalue weighted by atomic mass is 9.97. The molecule has 0 spiro atoms.